The highest BCUT2D eigenvalue weighted by Gasteiger charge is 2.43. The highest BCUT2D eigenvalue weighted by Crippen LogP contribution is 2.38. The first-order valence-electron chi connectivity index (χ1n) is 8.87. The van der Waals surface area contributed by atoms with Gasteiger partial charge in [0.1, 0.15) is 5.70 Å². The number of anilines is 2. The van der Waals surface area contributed by atoms with E-state index in [-0.39, 0.29) is 11.8 Å². The SMILES string of the molecule is CCN(C1=C(c2cccs2)C(=O)N(c2cccc(Cl)c2)C1=O)c1ccccc1. The number of likely N-dealkylation sites (N-methyl/N-ethyl adjacent to an activating group) is 1. The van der Waals surface area contributed by atoms with Crippen molar-refractivity contribution in [2.75, 3.05) is 16.3 Å². The zero-order valence-corrected chi connectivity index (χ0v) is 16.7. The average Bonchev–Trinajstić information content (AvgIpc) is 3.30. The van der Waals surface area contributed by atoms with Gasteiger partial charge in [0.15, 0.2) is 0 Å². The lowest BCUT2D eigenvalue weighted by Gasteiger charge is -2.24. The Hall–Kier alpha value is -2.89. The number of carbonyl (C=O) groups excluding carboxylic acids is 2. The second-order valence-electron chi connectivity index (χ2n) is 6.21. The van der Waals surface area contributed by atoms with E-state index in [1.54, 1.807) is 24.3 Å². The fraction of sp³-hybridized carbons (Fsp3) is 0.0909. The number of nitrogens with zero attached hydrogens (tertiary/aromatic N) is 2. The van der Waals surface area contributed by atoms with E-state index < -0.39 is 0 Å². The van der Waals surface area contributed by atoms with E-state index in [2.05, 4.69) is 0 Å². The molecule has 4 nitrogen and oxygen atoms in total. The quantitative estimate of drug-likeness (QED) is 0.544. The summed E-state index contributed by atoms with van der Waals surface area (Å²) in [5.74, 6) is -0.680. The Kier molecular flexibility index (Phi) is 5.03. The summed E-state index contributed by atoms with van der Waals surface area (Å²) in [6.07, 6.45) is 0. The summed E-state index contributed by atoms with van der Waals surface area (Å²) >= 11 is 7.55. The zero-order chi connectivity index (χ0) is 19.7. The number of thiophene rings is 1. The van der Waals surface area contributed by atoms with Crippen molar-refractivity contribution in [3.05, 3.63) is 87.7 Å². The lowest BCUT2D eigenvalue weighted by molar-refractivity contribution is -0.120. The molecule has 0 saturated heterocycles. The standard InChI is InChI=1S/C22H17ClN2O2S/c1-2-24(16-9-4-3-5-10-16)20-19(18-12-7-13-28-18)21(26)25(22(20)27)17-11-6-8-15(23)14-17/h3-14H,2H2,1H3. The van der Waals surface area contributed by atoms with Crippen LogP contribution in [0.5, 0.6) is 0 Å². The molecule has 3 aromatic rings. The van der Waals surface area contributed by atoms with Crippen LogP contribution in [-0.4, -0.2) is 18.4 Å². The minimum atomic E-state index is -0.346. The third-order valence-electron chi connectivity index (χ3n) is 4.55. The topological polar surface area (TPSA) is 40.6 Å². The molecular formula is C22H17ClN2O2S. The normalized spacial score (nSPS) is 14.1. The zero-order valence-electron chi connectivity index (χ0n) is 15.1. The molecule has 1 aliphatic rings. The summed E-state index contributed by atoms with van der Waals surface area (Å²) in [6.45, 7) is 2.52. The molecule has 0 saturated carbocycles. The predicted octanol–water partition coefficient (Wildman–Crippen LogP) is 5.21. The largest absolute Gasteiger partial charge is 0.337 e. The monoisotopic (exact) mass is 408 g/mol. The van der Waals surface area contributed by atoms with Crippen LogP contribution in [0.25, 0.3) is 5.57 Å². The molecule has 0 spiro atoms. The van der Waals surface area contributed by atoms with Gasteiger partial charge in [0.05, 0.1) is 11.3 Å². The van der Waals surface area contributed by atoms with Crippen molar-refractivity contribution < 1.29 is 9.59 Å². The van der Waals surface area contributed by atoms with Gasteiger partial charge < -0.3 is 4.90 Å². The van der Waals surface area contributed by atoms with Crippen molar-refractivity contribution in [1.29, 1.82) is 0 Å². The van der Waals surface area contributed by atoms with Gasteiger partial charge in [-0.3, -0.25) is 9.59 Å². The molecule has 0 aliphatic carbocycles. The van der Waals surface area contributed by atoms with Crippen molar-refractivity contribution in [2.24, 2.45) is 0 Å². The first-order chi connectivity index (χ1) is 13.6. The number of imide groups is 1. The molecule has 0 unspecified atom stereocenters. The van der Waals surface area contributed by atoms with E-state index in [4.69, 9.17) is 11.6 Å². The minimum Gasteiger partial charge on any atom is -0.337 e. The first-order valence-corrected chi connectivity index (χ1v) is 10.1. The number of para-hydroxylation sites is 1. The highest BCUT2D eigenvalue weighted by molar-refractivity contribution is 7.11. The summed E-state index contributed by atoms with van der Waals surface area (Å²) < 4.78 is 0. The number of hydrogen-bond acceptors (Lipinski definition) is 4. The second-order valence-corrected chi connectivity index (χ2v) is 7.59. The van der Waals surface area contributed by atoms with Crippen LogP contribution in [0, 0.1) is 0 Å². The molecule has 140 valence electrons. The van der Waals surface area contributed by atoms with Gasteiger partial charge in [0.2, 0.25) is 0 Å². The van der Waals surface area contributed by atoms with Gasteiger partial charge in [-0.1, -0.05) is 41.9 Å². The second kappa shape index (κ2) is 7.62. The van der Waals surface area contributed by atoms with Crippen LogP contribution < -0.4 is 9.80 Å². The highest BCUT2D eigenvalue weighted by atomic mass is 35.5. The van der Waals surface area contributed by atoms with E-state index in [0.29, 0.717) is 28.5 Å². The third kappa shape index (κ3) is 3.13. The van der Waals surface area contributed by atoms with Crippen LogP contribution in [-0.2, 0) is 9.59 Å². The van der Waals surface area contributed by atoms with Gasteiger partial charge in [0.25, 0.3) is 11.8 Å². The van der Waals surface area contributed by atoms with Gasteiger partial charge in [-0.05, 0) is 48.7 Å². The Morgan fingerprint density at radius 1 is 0.964 bits per heavy atom. The van der Waals surface area contributed by atoms with Crippen LogP contribution in [0.2, 0.25) is 5.02 Å². The maximum Gasteiger partial charge on any atom is 0.282 e. The molecular weight excluding hydrogens is 392 g/mol. The predicted molar refractivity (Wildman–Crippen MR) is 115 cm³/mol. The van der Waals surface area contributed by atoms with Crippen molar-refractivity contribution in [1.82, 2.24) is 0 Å². The summed E-state index contributed by atoms with van der Waals surface area (Å²) in [4.78, 5) is 30.7. The van der Waals surface area contributed by atoms with E-state index >= 15 is 0 Å². The Labute approximate surface area is 172 Å². The fourth-order valence-corrected chi connectivity index (χ4v) is 4.29. The smallest absolute Gasteiger partial charge is 0.282 e. The maximum atomic E-state index is 13.5. The van der Waals surface area contributed by atoms with Gasteiger partial charge in [-0.2, -0.15) is 0 Å². The van der Waals surface area contributed by atoms with Crippen LogP contribution in [0.1, 0.15) is 11.8 Å². The molecule has 1 aliphatic heterocycles. The summed E-state index contributed by atoms with van der Waals surface area (Å²) in [5.41, 5.74) is 2.14. The van der Waals surface area contributed by atoms with E-state index in [1.807, 2.05) is 59.7 Å². The lowest BCUT2D eigenvalue weighted by atomic mass is 10.1. The Morgan fingerprint density at radius 2 is 1.75 bits per heavy atom. The van der Waals surface area contributed by atoms with Crippen LogP contribution in [0.4, 0.5) is 11.4 Å². The molecule has 2 heterocycles. The molecule has 0 N–H and O–H groups in total. The van der Waals surface area contributed by atoms with Crippen molar-refractivity contribution >= 4 is 51.7 Å². The average molecular weight is 409 g/mol. The van der Waals surface area contributed by atoms with Crippen molar-refractivity contribution in [3.8, 4) is 0 Å². The number of benzene rings is 2. The number of amides is 2. The van der Waals surface area contributed by atoms with Crippen molar-refractivity contribution in [2.45, 2.75) is 6.92 Å². The lowest BCUT2D eigenvalue weighted by Crippen LogP contribution is -2.35. The molecule has 0 atom stereocenters. The molecule has 2 amide bonds. The number of carbonyl (C=O) groups is 2. The molecule has 2 aromatic carbocycles. The molecule has 0 radical (unpaired) electrons. The summed E-state index contributed by atoms with van der Waals surface area (Å²) in [5, 5.41) is 2.37. The molecule has 4 rings (SSSR count). The summed E-state index contributed by atoms with van der Waals surface area (Å²) in [6, 6.07) is 20.2. The van der Waals surface area contributed by atoms with Gasteiger partial charge in [-0.15, -0.1) is 11.3 Å². The molecule has 6 heteroatoms. The van der Waals surface area contributed by atoms with Crippen molar-refractivity contribution in [3.63, 3.8) is 0 Å². The van der Waals surface area contributed by atoms with E-state index in [1.165, 1.54) is 16.2 Å². The van der Waals surface area contributed by atoms with Gasteiger partial charge in [-0.25, -0.2) is 4.90 Å². The van der Waals surface area contributed by atoms with Gasteiger partial charge >= 0.3 is 0 Å². The molecule has 0 fully saturated rings. The number of rotatable bonds is 5. The van der Waals surface area contributed by atoms with Crippen LogP contribution >= 0.6 is 22.9 Å². The Balaban J connectivity index is 1.89. The Bertz CT molecular complexity index is 1060. The number of hydrogen-bond donors (Lipinski definition) is 0. The molecule has 1 aromatic heterocycles. The van der Waals surface area contributed by atoms with E-state index in [9.17, 15) is 9.59 Å². The van der Waals surface area contributed by atoms with Crippen LogP contribution in [0.3, 0.4) is 0 Å². The van der Waals surface area contributed by atoms with Crippen LogP contribution in [0.15, 0.2) is 77.8 Å². The Morgan fingerprint density at radius 3 is 2.39 bits per heavy atom. The summed E-state index contributed by atoms with van der Waals surface area (Å²) in [7, 11) is 0. The third-order valence-corrected chi connectivity index (χ3v) is 5.67. The van der Waals surface area contributed by atoms with Gasteiger partial charge in [0, 0.05) is 22.1 Å². The number of halogens is 1. The maximum absolute atomic E-state index is 13.5. The minimum absolute atomic E-state index is 0.334. The van der Waals surface area contributed by atoms with E-state index in [0.717, 1.165) is 10.6 Å². The molecule has 0 bridgehead atoms. The fourth-order valence-electron chi connectivity index (χ4n) is 3.34. The molecule has 28 heavy (non-hydrogen) atoms. The first kappa shape index (κ1) is 18.5.